The first-order chi connectivity index (χ1) is 13.5. The number of amides is 1. The largest absolute Gasteiger partial charge is 0.479 e. The van der Waals surface area contributed by atoms with Crippen molar-refractivity contribution in [3.8, 4) is 5.75 Å². The molecule has 0 aliphatic heterocycles. The molecule has 0 spiro atoms. The predicted octanol–water partition coefficient (Wildman–Crippen LogP) is 4.11. The Bertz CT molecular complexity index is 963. The van der Waals surface area contributed by atoms with Crippen LogP contribution in [-0.4, -0.2) is 37.8 Å². The lowest BCUT2D eigenvalue weighted by atomic mass is 10.2. The second-order valence-corrected chi connectivity index (χ2v) is 9.57. The van der Waals surface area contributed by atoms with Gasteiger partial charge in [0.05, 0.1) is 9.92 Å². The molecule has 2 aromatic rings. The van der Waals surface area contributed by atoms with Crippen LogP contribution in [0.5, 0.6) is 5.75 Å². The van der Waals surface area contributed by atoms with Gasteiger partial charge in [-0.25, -0.2) is 8.42 Å². The van der Waals surface area contributed by atoms with Crippen molar-refractivity contribution in [2.24, 2.45) is 0 Å². The van der Waals surface area contributed by atoms with Gasteiger partial charge in [-0.05, 0) is 50.6 Å². The quantitative estimate of drug-likeness (QED) is 0.645. The molecule has 29 heavy (non-hydrogen) atoms. The van der Waals surface area contributed by atoms with Crippen molar-refractivity contribution < 1.29 is 17.9 Å². The van der Waals surface area contributed by atoms with Gasteiger partial charge in [0.15, 0.2) is 6.10 Å². The van der Waals surface area contributed by atoms with Crippen molar-refractivity contribution in [2.75, 3.05) is 7.05 Å². The number of hydrogen-bond donors (Lipinski definition) is 1. The number of benzene rings is 2. The number of nitrogens with one attached hydrogen (secondary N) is 1. The number of rotatable bonds is 8. The number of halogens is 2. The predicted molar refractivity (Wildman–Crippen MR) is 115 cm³/mol. The van der Waals surface area contributed by atoms with Crippen LogP contribution in [0.15, 0.2) is 47.4 Å². The zero-order valence-electron chi connectivity index (χ0n) is 16.6. The molecule has 1 N–H and O–H groups in total. The van der Waals surface area contributed by atoms with Crippen LogP contribution in [0, 0.1) is 0 Å². The topological polar surface area (TPSA) is 75.7 Å². The molecule has 0 aromatic heterocycles. The molecule has 1 amide bonds. The molecule has 0 saturated carbocycles. The highest BCUT2D eigenvalue weighted by Gasteiger charge is 2.23. The second kappa shape index (κ2) is 9.80. The summed E-state index contributed by atoms with van der Waals surface area (Å²) in [6, 6.07) is 11.2. The van der Waals surface area contributed by atoms with Crippen molar-refractivity contribution in [3.63, 3.8) is 0 Å². The van der Waals surface area contributed by atoms with E-state index in [1.807, 2.05) is 0 Å². The molecule has 1 atom stereocenters. The van der Waals surface area contributed by atoms with Crippen LogP contribution >= 0.6 is 23.2 Å². The summed E-state index contributed by atoms with van der Waals surface area (Å²) in [5.41, 5.74) is 0.762. The lowest BCUT2D eigenvalue weighted by Gasteiger charge is -2.21. The third-order valence-electron chi connectivity index (χ3n) is 4.38. The van der Waals surface area contributed by atoms with E-state index in [1.165, 1.54) is 16.4 Å². The first-order valence-electron chi connectivity index (χ1n) is 8.99. The third kappa shape index (κ3) is 5.85. The Balaban J connectivity index is 1.97. The summed E-state index contributed by atoms with van der Waals surface area (Å²) >= 11 is 12.0. The molecule has 0 saturated heterocycles. The molecular weight excluding hydrogens is 435 g/mol. The van der Waals surface area contributed by atoms with Gasteiger partial charge in [0.1, 0.15) is 10.8 Å². The number of hydrogen-bond acceptors (Lipinski definition) is 4. The minimum Gasteiger partial charge on any atom is -0.479 e. The van der Waals surface area contributed by atoms with Crippen LogP contribution < -0.4 is 10.1 Å². The summed E-state index contributed by atoms with van der Waals surface area (Å²) in [5, 5.41) is 3.34. The van der Waals surface area contributed by atoms with E-state index in [0.29, 0.717) is 10.8 Å². The first kappa shape index (κ1) is 23.5. The average molecular weight is 459 g/mol. The summed E-state index contributed by atoms with van der Waals surface area (Å²) < 4.78 is 31.9. The van der Waals surface area contributed by atoms with E-state index in [-0.39, 0.29) is 28.4 Å². The fourth-order valence-corrected chi connectivity index (χ4v) is 4.08. The molecule has 2 aromatic carbocycles. The minimum atomic E-state index is -3.54. The number of sulfonamides is 1. The smallest absolute Gasteiger partial charge is 0.261 e. The normalized spacial score (nSPS) is 12.8. The van der Waals surface area contributed by atoms with E-state index in [1.54, 1.807) is 58.2 Å². The van der Waals surface area contributed by atoms with Crippen molar-refractivity contribution >= 4 is 39.1 Å². The number of carbonyl (C=O) groups is 1. The van der Waals surface area contributed by atoms with Gasteiger partial charge in [0.2, 0.25) is 10.0 Å². The molecule has 2 rings (SSSR count). The summed E-state index contributed by atoms with van der Waals surface area (Å²) in [5.74, 6) is -0.0112. The van der Waals surface area contributed by atoms with Gasteiger partial charge in [0.25, 0.3) is 5.91 Å². The number of ether oxygens (including phenoxy) is 1. The van der Waals surface area contributed by atoms with Crippen molar-refractivity contribution in [3.05, 3.63) is 58.1 Å². The van der Waals surface area contributed by atoms with Crippen molar-refractivity contribution in [1.29, 1.82) is 0 Å². The van der Waals surface area contributed by atoms with Gasteiger partial charge in [-0.1, -0.05) is 41.4 Å². The third-order valence-corrected chi connectivity index (χ3v) is 7.23. The van der Waals surface area contributed by atoms with E-state index < -0.39 is 16.1 Å². The Hall–Kier alpha value is -1.80. The molecule has 158 valence electrons. The lowest BCUT2D eigenvalue weighted by molar-refractivity contribution is -0.127. The molecule has 0 fully saturated rings. The minimum absolute atomic E-state index is 0.145. The summed E-state index contributed by atoms with van der Waals surface area (Å²) in [6.07, 6.45) is -0.787. The van der Waals surface area contributed by atoms with Crippen molar-refractivity contribution in [2.45, 2.75) is 44.4 Å². The Labute approximate surface area is 181 Å². The molecular formula is C20H24Cl2N2O4S. The second-order valence-electron chi connectivity index (χ2n) is 6.79. The van der Waals surface area contributed by atoms with E-state index in [0.717, 1.165) is 5.56 Å². The lowest BCUT2D eigenvalue weighted by Crippen LogP contribution is -2.36. The highest BCUT2D eigenvalue weighted by atomic mass is 35.5. The van der Waals surface area contributed by atoms with Crippen LogP contribution in [0.2, 0.25) is 10.0 Å². The van der Waals surface area contributed by atoms with Crippen LogP contribution in [0.25, 0.3) is 0 Å². The van der Waals surface area contributed by atoms with Gasteiger partial charge in [-0.2, -0.15) is 4.31 Å². The van der Waals surface area contributed by atoms with Gasteiger partial charge < -0.3 is 10.1 Å². The van der Waals surface area contributed by atoms with E-state index >= 15 is 0 Å². The standard InChI is InChI=1S/C20H24Cl2N2O4S/c1-13(2)24(4)29(26,27)16-10-8-15(9-11-16)12-23-20(25)14(3)28-18-7-5-6-17(21)19(18)22/h5-11,13-14H,12H2,1-4H3,(H,23,25). The number of nitrogens with zero attached hydrogens (tertiary/aromatic N) is 1. The zero-order chi connectivity index (χ0) is 21.8. The molecule has 0 aliphatic carbocycles. The Morgan fingerprint density at radius 2 is 1.72 bits per heavy atom. The monoisotopic (exact) mass is 458 g/mol. The van der Waals surface area contributed by atoms with Crippen LogP contribution in [0.4, 0.5) is 0 Å². The van der Waals surface area contributed by atoms with Gasteiger partial charge >= 0.3 is 0 Å². The van der Waals surface area contributed by atoms with Crippen molar-refractivity contribution in [1.82, 2.24) is 9.62 Å². The maximum atomic E-state index is 12.5. The van der Waals surface area contributed by atoms with Gasteiger partial charge in [-0.15, -0.1) is 0 Å². The molecule has 6 nitrogen and oxygen atoms in total. The Morgan fingerprint density at radius 1 is 1.10 bits per heavy atom. The summed E-state index contributed by atoms with van der Waals surface area (Å²) in [7, 11) is -2.00. The highest BCUT2D eigenvalue weighted by molar-refractivity contribution is 7.89. The van der Waals surface area contributed by atoms with E-state index in [2.05, 4.69) is 5.32 Å². The number of carbonyl (C=O) groups excluding carboxylic acids is 1. The molecule has 0 bridgehead atoms. The molecule has 9 heteroatoms. The highest BCUT2D eigenvalue weighted by Crippen LogP contribution is 2.32. The average Bonchev–Trinajstić information content (AvgIpc) is 2.69. The Morgan fingerprint density at radius 3 is 2.31 bits per heavy atom. The maximum Gasteiger partial charge on any atom is 0.261 e. The van der Waals surface area contributed by atoms with Gasteiger partial charge in [-0.3, -0.25) is 4.79 Å². The van der Waals surface area contributed by atoms with E-state index in [9.17, 15) is 13.2 Å². The van der Waals surface area contributed by atoms with Crippen LogP contribution in [-0.2, 0) is 21.4 Å². The first-order valence-corrected chi connectivity index (χ1v) is 11.2. The van der Waals surface area contributed by atoms with Gasteiger partial charge in [0, 0.05) is 19.6 Å². The maximum absolute atomic E-state index is 12.5. The van der Waals surface area contributed by atoms with Crippen LogP contribution in [0.1, 0.15) is 26.3 Å². The summed E-state index contributed by atoms with van der Waals surface area (Å²) in [6.45, 7) is 5.45. The summed E-state index contributed by atoms with van der Waals surface area (Å²) in [4.78, 5) is 12.5. The molecule has 1 unspecified atom stereocenters. The van der Waals surface area contributed by atoms with E-state index in [4.69, 9.17) is 27.9 Å². The molecule has 0 heterocycles. The SMILES string of the molecule is CC(Oc1cccc(Cl)c1Cl)C(=O)NCc1ccc(S(=O)(=O)N(C)C(C)C)cc1. The fourth-order valence-electron chi connectivity index (χ4n) is 2.37. The Kier molecular flexibility index (Phi) is 7.94. The fraction of sp³-hybridized carbons (Fsp3) is 0.350. The van der Waals surface area contributed by atoms with Crippen LogP contribution in [0.3, 0.4) is 0 Å². The molecule has 0 aliphatic rings. The zero-order valence-corrected chi connectivity index (χ0v) is 19.0. The molecule has 0 radical (unpaired) electrons.